The summed E-state index contributed by atoms with van der Waals surface area (Å²) in [7, 11) is 0. The van der Waals surface area contributed by atoms with Crippen molar-refractivity contribution < 1.29 is 4.52 Å². The Labute approximate surface area is 88.6 Å². The molecule has 0 amide bonds. The predicted molar refractivity (Wildman–Crippen MR) is 54.6 cm³/mol. The first-order valence-corrected chi connectivity index (χ1v) is 4.81. The first-order valence-electron chi connectivity index (χ1n) is 3.64. The molecular weight excluding hydrogens is 253 g/mol. The van der Waals surface area contributed by atoms with Gasteiger partial charge in [0.2, 0.25) is 0 Å². The van der Waals surface area contributed by atoms with Crippen LogP contribution in [-0.4, -0.2) is 5.16 Å². The van der Waals surface area contributed by atoms with Gasteiger partial charge in [0.1, 0.15) is 12.0 Å². The van der Waals surface area contributed by atoms with E-state index in [4.69, 9.17) is 16.1 Å². The van der Waals surface area contributed by atoms with Crippen molar-refractivity contribution in [1.82, 2.24) is 5.16 Å². The lowest BCUT2D eigenvalue weighted by Gasteiger charge is -2.00. The topological polar surface area (TPSA) is 26.0 Å². The molecule has 4 heteroatoms. The molecule has 0 saturated carbocycles. The molecule has 1 aromatic heterocycles. The van der Waals surface area contributed by atoms with Crippen molar-refractivity contribution in [2.24, 2.45) is 0 Å². The largest absolute Gasteiger partial charge is 0.364 e. The highest BCUT2D eigenvalue weighted by molar-refractivity contribution is 9.10. The fourth-order valence-corrected chi connectivity index (χ4v) is 1.70. The zero-order chi connectivity index (χ0) is 9.26. The van der Waals surface area contributed by atoms with Gasteiger partial charge in [0.05, 0.1) is 5.02 Å². The maximum absolute atomic E-state index is 5.93. The summed E-state index contributed by atoms with van der Waals surface area (Å²) in [5.41, 5.74) is 1.70. The zero-order valence-corrected chi connectivity index (χ0v) is 8.84. The fraction of sp³-hybridized carbons (Fsp3) is 0. The molecule has 0 spiro atoms. The third-order valence-corrected chi connectivity index (χ3v) is 3.06. The minimum atomic E-state index is 0.667. The van der Waals surface area contributed by atoms with Crippen molar-refractivity contribution >= 4 is 27.5 Å². The Hall–Kier alpha value is -0.800. The van der Waals surface area contributed by atoms with Crippen LogP contribution in [0.5, 0.6) is 0 Å². The number of halogens is 2. The van der Waals surface area contributed by atoms with Gasteiger partial charge in [0.25, 0.3) is 0 Å². The quantitative estimate of drug-likeness (QED) is 0.778. The second-order valence-electron chi connectivity index (χ2n) is 2.49. The van der Waals surface area contributed by atoms with E-state index >= 15 is 0 Å². The maximum Gasteiger partial charge on any atom is 0.124 e. The van der Waals surface area contributed by atoms with E-state index in [0.29, 0.717) is 5.02 Å². The van der Waals surface area contributed by atoms with Gasteiger partial charge in [0, 0.05) is 16.1 Å². The Kier molecular flexibility index (Phi) is 2.38. The predicted octanol–water partition coefficient (Wildman–Crippen LogP) is 3.76. The summed E-state index contributed by atoms with van der Waals surface area (Å²) in [5.74, 6) is 0. The van der Waals surface area contributed by atoms with Crippen LogP contribution in [0.2, 0.25) is 5.02 Å². The van der Waals surface area contributed by atoms with E-state index in [9.17, 15) is 0 Å². The molecule has 0 radical (unpaired) electrons. The first-order chi connectivity index (χ1) is 6.29. The van der Waals surface area contributed by atoms with Crippen LogP contribution in [-0.2, 0) is 0 Å². The molecule has 0 saturated heterocycles. The van der Waals surface area contributed by atoms with Crippen LogP contribution in [0.4, 0.5) is 0 Å². The average Bonchev–Trinajstić information content (AvgIpc) is 2.62. The molecule has 0 fully saturated rings. The summed E-state index contributed by atoms with van der Waals surface area (Å²) in [4.78, 5) is 0. The SMILES string of the molecule is Clc1cccc(-c2ccon2)c1Br. The standard InChI is InChI=1S/C9H5BrClNO/c10-9-6(2-1-3-7(9)11)8-4-5-13-12-8/h1-5H. The highest BCUT2D eigenvalue weighted by atomic mass is 79.9. The van der Waals surface area contributed by atoms with E-state index in [1.165, 1.54) is 6.26 Å². The summed E-state index contributed by atoms with van der Waals surface area (Å²) in [6.07, 6.45) is 1.53. The molecular formula is C9H5BrClNO. The van der Waals surface area contributed by atoms with Crippen LogP contribution in [0.1, 0.15) is 0 Å². The lowest BCUT2D eigenvalue weighted by molar-refractivity contribution is 0.422. The molecule has 0 aliphatic heterocycles. The van der Waals surface area contributed by atoms with Gasteiger partial charge in [-0.25, -0.2) is 0 Å². The third kappa shape index (κ3) is 1.62. The molecule has 0 aliphatic carbocycles. The minimum absolute atomic E-state index is 0.667. The van der Waals surface area contributed by atoms with Crippen molar-refractivity contribution in [1.29, 1.82) is 0 Å². The molecule has 1 heterocycles. The average molecular weight is 259 g/mol. The van der Waals surface area contributed by atoms with Gasteiger partial charge in [-0.15, -0.1) is 0 Å². The van der Waals surface area contributed by atoms with Crippen molar-refractivity contribution in [2.75, 3.05) is 0 Å². The second-order valence-corrected chi connectivity index (χ2v) is 3.69. The van der Waals surface area contributed by atoms with Gasteiger partial charge in [-0.1, -0.05) is 28.9 Å². The summed E-state index contributed by atoms with van der Waals surface area (Å²) < 4.78 is 5.59. The van der Waals surface area contributed by atoms with Crippen molar-refractivity contribution in [3.05, 3.63) is 40.0 Å². The molecule has 2 rings (SSSR count). The fourth-order valence-electron chi connectivity index (χ4n) is 1.05. The van der Waals surface area contributed by atoms with Crippen molar-refractivity contribution in [2.45, 2.75) is 0 Å². The lowest BCUT2D eigenvalue weighted by Crippen LogP contribution is -1.79. The van der Waals surface area contributed by atoms with E-state index in [1.807, 2.05) is 18.2 Å². The normalized spacial score (nSPS) is 10.3. The minimum Gasteiger partial charge on any atom is -0.364 e. The number of nitrogens with zero attached hydrogens (tertiary/aromatic N) is 1. The highest BCUT2D eigenvalue weighted by Crippen LogP contribution is 2.32. The van der Waals surface area contributed by atoms with Gasteiger partial charge in [-0.05, 0) is 22.0 Å². The Morgan fingerprint density at radius 2 is 2.15 bits per heavy atom. The number of hydrogen-bond donors (Lipinski definition) is 0. The van der Waals surface area contributed by atoms with Crippen molar-refractivity contribution in [3.63, 3.8) is 0 Å². The van der Waals surface area contributed by atoms with Crippen LogP contribution in [0.25, 0.3) is 11.3 Å². The van der Waals surface area contributed by atoms with Gasteiger partial charge in [-0.3, -0.25) is 0 Å². The van der Waals surface area contributed by atoms with Crippen LogP contribution < -0.4 is 0 Å². The van der Waals surface area contributed by atoms with E-state index in [1.54, 1.807) is 6.07 Å². The van der Waals surface area contributed by atoms with Gasteiger partial charge in [-0.2, -0.15) is 0 Å². The molecule has 1 aromatic carbocycles. The smallest absolute Gasteiger partial charge is 0.124 e. The van der Waals surface area contributed by atoms with Crippen LogP contribution in [0.3, 0.4) is 0 Å². The van der Waals surface area contributed by atoms with Crippen LogP contribution in [0, 0.1) is 0 Å². The number of benzene rings is 1. The van der Waals surface area contributed by atoms with Crippen LogP contribution >= 0.6 is 27.5 Å². The summed E-state index contributed by atoms with van der Waals surface area (Å²) in [5, 5.41) is 4.49. The summed E-state index contributed by atoms with van der Waals surface area (Å²) >= 11 is 9.31. The van der Waals surface area contributed by atoms with Gasteiger partial charge in [0.15, 0.2) is 0 Å². The molecule has 0 N–H and O–H groups in total. The Balaban J connectivity index is 2.59. The van der Waals surface area contributed by atoms with Crippen molar-refractivity contribution in [3.8, 4) is 11.3 Å². The maximum atomic E-state index is 5.93. The van der Waals surface area contributed by atoms with Gasteiger partial charge >= 0.3 is 0 Å². The monoisotopic (exact) mass is 257 g/mol. The van der Waals surface area contributed by atoms with Crippen LogP contribution in [0.15, 0.2) is 39.5 Å². The molecule has 0 atom stereocenters. The zero-order valence-electron chi connectivity index (χ0n) is 6.50. The summed E-state index contributed by atoms with van der Waals surface area (Å²) in [6.45, 7) is 0. The lowest BCUT2D eigenvalue weighted by atomic mass is 10.2. The molecule has 66 valence electrons. The molecule has 2 nitrogen and oxygen atoms in total. The van der Waals surface area contributed by atoms with E-state index in [0.717, 1.165) is 15.7 Å². The molecule has 0 unspecified atom stereocenters. The molecule has 2 aromatic rings. The van der Waals surface area contributed by atoms with Gasteiger partial charge < -0.3 is 4.52 Å². The Morgan fingerprint density at radius 3 is 2.85 bits per heavy atom. The van der Waals surface area contributed by atoms with E-state index in [2.05, 4.69) is 21.1 Å². The highest BCUT2D eigenvalue weighted by Gasteiger charge is 2.07. The molecule has 0 bridgehead atoms. The Bertz CT molecular complexity index is 414. The third-order valence-electron chi connectivity index (χ3n) is 1.67. The van der Waals surface area contributed by atoms with E-state index in [-0.39, 0.29) is 0 Å². The molecule has 0 aliphatic rings. The summed E-state index contributed by atoms with van der Waals surface area (Å²) in [6, 6.07) is 7.40. The molecule has 13 heavy (non-hydrogen) atoms. The first kappa shape index (κ1) is 8.78. The van der Waals surface area contributed by atoms with E-state index < -0.39 is 0 Å². The Morgan fingerprint density at radius 1 is 1.31 bits per heavy atom. The number of hydrogen-bond acceptors (Lipinski definition) is 2. The second kappa shape index (κ2) is 3.52. The number of aromatic nitrogens is 1. The number of rotatable bonds is 1.